The number of amides is 1. The van der Waals surface area contributed by atoms with E-state index in [1.54, 1.807) is 0 Å². The van der Waals surface area contributed by atoms with Crippen LogP contribution in [0.15, 0.2) is 6.33 Å². The van der Waals surface area contributed by atoms with Gasteiger partial charge in [0.05, 0.1) is 0 Å². The molecule has 0 aliphatic carbocycles. The third-order valence-corrected chi connectivity index (χ3v) is 2.78. The smallest absolute Gasteiger partial charge is 0.310 e. The second-order valence-electron chi connectivity index (χ2n) is 3.48. The quantitative estimate of drug-likeness (QED) is 0.819. The summed E-state index contributed by atoms with van der Waals surface area (Å²) in [5, 5.41) is 1.37. The summed E-state index contributed by atoms with van der Waals surface area (Å²) in [6, 6.07) is 0. The van der Waals surface area contributed by atoms with E-state index in [1.807, 2.05) is 5.32 Å². The summed E-state index contributed by atoms with van der Waals surface area (Å²) in [5.74, 6) is -1.85. The fourth-order valence-corrected chi connectivity index (χ4v) is 1.08. The minimum absolute atomic E-state index is 0.201. The van der Waals surface area contributed by atoms with Gasteiger partial charge in [-0.3, -0.25) is 4.79 Å². The number of halogens is 5. The van der Waals surface area contributed by atoms with Crippen LogP contribution in [-0.4, -0.2) is 27.6 Å². The van der Waals surface area contributed by atoms with E-state index < -0.39 is 17.6 Å². The van der Waals surface area contributed by atoms with Crippen molar-refractivity contribution >= 4 is 34.9 Å². The van der Waals surface area contributed by atoms with Gasteiger partial charge in [-0.05, 0) is 6.92 Å². The Morgan fingerprint density at radius 1 is 1.39 bits per heavy atom. The molecule has 18 heavy (non-hydrogen) atoms. The average Bonchev–Trinajstić information content (AvgIpc) is 2.23. The molecule has 0 radical (unpaired) electrons. The molecule has 1 rings (SSSR count). The van der Waals surface area contributed by atoms with Gasteiger partial charge in [-0.15, -0.1) is 0 Å². The van der Waals surface area contributed by atoms with E-state index in [-0.39, 0.29) is 16.0 Å². The van der Waals surface area contributed by atoms with Crippen LogP contribution in [0.25, 0.3) is 0 Å². The third kappa shape index (κ3) is 2.82. The van der Waals surface area contributed by atoms with Gasteiger partial charge < -0.3 is 11.1 Å². The van der Waals surface area contributed by atoms with Gasteiger partial charge in [-0.25, -0.2) is 9.97 Å². The normalized spacial score (nSPS) is 15.1. The molecule has 0 fully saturated rings. The third-order valence-electron chi connectivity index (χ3n) is 2.04. The van der Waals surface area contributed by atoms with E-state index in [0.29, 0.717) is 6.92 Å². The van der Waals surface area contributed by atoms with Crippen LogP contribution in [0.4, 0.5) is 19.0 Å². The molecular formula is C8H7Cl2F3N4O. The number of alkyl halides is 3. The van der Waals surface area contributed by atoms with Crippen LogP contribution in [0.1, 0.15) is 6.92 Å². The summed E-state index contributed by atoms with van der Waals surface area (Å²) < 4.78 is 37.5. The molecule has 1 heterocycles. The highest BCUT2D eigenvalue weighted by Gasteiger charge is 2.54. The first-order valence-electron chi connectivity index (χ1n) is 4.40. The summed E-state index contributed by atoms with van der Waals surface area (Å²) >= 11 is 11.1. The fourth-order valence-electron chi connectivity index (χ4n) is 0.802. The maximum atomic E-state index is 12.5. The Balaban J connectivity index is 2.99. The van der Waals surface area contributed by atoms with Crippen LogP contribution in [0.5, 0.6) is 0 Å². The lowest BCUT2D eigenvalue weighted by atomic mass is 10.0. The van der Waals surface area contributed by atoms with E-state index in [0.717, 1.165) is 6.33 Å². The minimum atomic E-state index is -4.92. The summed E-state index contributed by atoms with van der Waals surface area (Å²) in [7, 11) is 0. The Morgan fingerprint density at radius 3 is 2.44 bits per heavy atom. The Kier molecular flexibility index (Phi) is 4.04. The first kappa shape index (κ1) is 14.9. The predicted molar refractivity (Wildman–Crippen MR) is 59.3 cm³/mol. The highest BCUT2D eigenvalue weighted by atomic mass is 35.5. The molecule has 1 atom stereocenters. The molecule has 10 heteroatoms. The molecule has 3 N–H and O–H groups in total. The molecule has 1 aromatic heterocycles. The lowest BCUT2D eigenvalue weighted by Crippen LogP contribution is -2.59. The first-order chi connectivity index (χ1) is 8.07. The van der Waals surface area contributed by atoms with Crippen molar-refractivity contribution in [3.63, 3.8) is 0 Å². The Labute approximate surface area is 109 Å². The van der Waals surface area contributed by atoms with Crippen molar-refractivity contribution in [2.24, 2.45) is 5.73 Å². The zero-order valence-corrected chi connectivity index (χ0v) is 10.4. The number of rotatable bonds is 2. The molecule has 1 aromatic rings. The van der Waals surface area contributed by atoms with Gasteiger partial charge in [0, 0.05) is 0 Å². The number of carbonyl (C=O) groups is 1. The van der Waals surface area contributed by atoms with Crippen LogP contribution in [0.3, 0.4) is 0 Å². The van der Waals surface area contributed by atoms with E-state index >= 15 is 0 Å². The summed E-state index contributed by atoms with van der Waals surface area (Å²) in [6.45, 7) is 0.527. The standard InChI is InChI=1S/C8H7Cl2F3N4O/c1-7(14,8(11,12)13)6(18)17-5-3(9)4(10)15-2-16-5/h2H,14H2,1H3,(H,15,16,17,18). The lowest BCUT2D eigenvalue weighted by Gasteiger charge is -2.25. The van der Waals surface area contributed by atoms with Gasteiger partial charge in [0.15, 0.2) is 16.5 Å². The number of nitrogens with one attached hydrogen (secondary N) is 1. The van der Waals surface area contributed by atoms with Gasteiger partial charge in [-0.2, -0.15) is 13.2 Å². The molecule has 0 spiro atoms. The number of anilines is 1. The van der Waals surface area contributed by atoms with Gasteiger partial charge in [0.2, 0.25) is 0 Å². The molecule has 1 amide bonds. The number of hydrogen-bond acceptors (Lipinski definition) is 4. The van der Waals surface area contributed by atoms with Gasteiger partial charge in [0.1, 0.15) is 11.3 Å². The Bertz CT molecular complexity index is 478. The van der Waals surface area contributed by atoms with Crippen molar-refractivity contribution in [1.82, 2.24) is 9.97 Å². The van der Waals surface area contributed by atoms with Gasteiger partial charge >= 0.3 is 6.18 Å². The van der Waals surface area contributed by atoms with Crippen molar-refractivity contribution < 1.29 is 18.0 Å². The zero-order chi connectivity index (χ0) is 14.1. The molecule has 5 nitrogen and oxygen atoms in total. The monoisotopic (exact) mass is 302 g/mol. The van der Waals surface area contributed by atoms with Crippen LogP contribution in [0.2, 0.25) is 10.2 Å². The summed E-state index contributed by atoms with van der Waals surface area (Å²) in [6.07, 6.45) is -3.98. The largest absolute Gasteiger partial charge is 0.415 e. The molecule has 0 aromatic carbocycles. The van der Waals surface area contributed by atoms with E-state index in [2.05, 4.69) is 9.97 Å². The molecule has 0 saturated heterocycles. The SMILES string of the molecule is CC(N)(C(=O)Nc1ncnc(Cl)c1Cl)C(F)(F)F. The summed E-state index contributed by atoms with van der Waals surface area (Å²) in [5.41, 5.74) is 1.84. The van der Waals surface area contributed by atoms with E-state index in [4.69, 9.17) is 28.9 Å². The molecular weight excluding hydrogens is 296 g/mol. The van der Waals surface area contributed by atoms with Crippen LogP contribution < -0.4 is 11.1 Å². The lowest BCUT2D eigenvalue weighted by molar-refractivity contribution is -0.184. The van der Waals surface area contributed by atoms with Gasteiger partial charge in [0.25, 0.3) is 5.91 Å². The fraction of sp³-hybridized carbons (Fsp3) is 0.375. The van der Waals surface area contributed by atoms with Gasteiger partial charge in [-0.1, -0.05) is 23.2 Å². The van der Waals surface area contributed by atoms with Crippen molar-refractivity contribution in [1.29, 1.82) is 0 Å². The number of aromatic nitrogens is 2. The minimum Gasteiger partial charge on any atom is -0.310 e. The van der Waals surface area contributed by atoms with Crippen molar-refractivity contribution in [3.05, 3.63) is 16.5 Å². The maximum absolute atomic E-state index is 12.5. The highest BCUT2D eigenvalue weighted by molar-refractivity contribution is 6.43. The summed E-state index contributed by atoms with van der Waals surface area (Å²) in [4.78, 5) is 18.4. The molecule has 100 valence electrons. The van der Waals surface area contributed by atoms with Crippen LogP contribution in [0, 0.1) is 0 Å². The van der Waals surface area contributed by atoms with Crippen molar-refractivity contribution in [3.8, 4) is 0 Å². The second-order valence-corrected chi connectivity index (χ2v) is 4.22. The molecule has 0 aliphatic rings. The highest BCUT2D eigenvalue weighted by Crippen LogP contribution is 2.30. The predicted octanol–water partition coefficient (Wildman–Crippen LogP) is 2.00. The first-order valence-corrected chi connectivity index (χ1v) is 5.16. The molecule has 0 bridgehead atoms. The van der Waals surface area contributed by atoms with E-state index in [1.165, 1.54) is 0 Å². The number of nitrogens with two attached hydrogens (primary N) is 1. The number of nitrogens with zero attached hydrogens (tertiary/aromatic N) is 2. The van der Waals surface area contributed by atoms with Crippen molar-refractivity contribution in [2.45, 2.75) is 18.6 Å². The van der Waals surface area contributed by atoms with Crippen LogP contribution in [-0.2, 0) is 4.79 Å². The Morgan fingerprint density at radius 2 is 1.94 bits per heavy atom. The number of hydrogen-bond donors (Lipinski definition) is 2. The van der Waals surface area contributed by atoms with E-state index in [9.17, 15) is 18.0 Å². The average molecular weight is 303 g/mol. The topological polar surface area (TPSA) is 80.9 Å². The van der Waals surface area contributed by atoms with Crippen molar-refractivity contribution in [2.75, 3.05) is 5.32 Å². The van der Waals surface area contributed by atoms with Crippen LogP contribution >= 0.6 is 23.2 Å². The second kappa shape index (κ2) is 4.87. The molecule has 0 aliphatic heterocycles. The molecule has 0 saturated carbocycles. The number of carbonyl (C=O) groups excluding carboxylic acids is 1. The zero-order valence-electron chi connectivity index (χ0n) is 8.85. The maximum Gasteiger partial charge on any atom is 0.415 e. The molecule has 1 unspecified atom stereocenters. The Hall–Kier alpha value is -1.12.